The first kappa shape index (κ1) is 32.1. The Labute approximate surface area is 227 Å². The van der Waals surface area contributed by atoms with Crippen LogP contribution in [0.25, 0.3) is 0 Å². The maximum Gasteiger partial charge on any atom is 0.261 e. The van der Waals surface area contributed by atoms with Gasteiger partial charge in [0.25, 0.3) is 6.43 Å². The van der Waals surface area contributed by atoms with Gasteiger partial charge in [0.05, 0.1) is 0 Å². The van der Waals surface area contributed by atoms with Gasteiger partial charge in [-0.15, -0.1) is 0 Å². The summed E-state index contributed by atoms with van der Waals surface area (Å²) in [6.45, 7) is 6.53. The van der Waals surface area contributed by atoms with Crippen LogP contribution in [-0.2, 0) is 6.42 Å². The van der Waals surface area contributed by atoms with E-state index in [2.05, 4.69) is 41.1 Å². The molecule has 0 fully saturated rings. The zero-order valence-electron chi connectivity index (χ0n) is 21.7. The molecule has 2 heterocycles. The smallest absolute Gasteiger partial charge is 0.261 e. The van der Waals surface area contributed by atoms with Crippen molar-refractivity contribution in [3.8, 4) is 11.6 Å². The highest BCUT2D eigenvalue weighted by molar-refractivity contribution is 6.31. The summed E-state index contributed by atoms with van der Waals surface area (Å²) in [5.41, 5.74) is 8.20. The summed E-state index contributed by atoms with van der Waals surface area (Å²) in [5, 5.41) is 2.86. The van der Waals surface area contributed by atoms with E-state index in [1.165, 1.54) is 42.8 Å². The number of halogens is 5. The highest BCUT2D eigenvalue weighted by Gasteiger charge is 2.16. The molecule has 0 atom stereocenters. The van der Waals surface area contributed by atoms with E-state index in [0.717, 1.165) is 18.7 Å². The summed E-state index contributed by atoms with van der Waals surface area (Å²) in [4.78, 5) is 10.00. The lowest BCUT2D eigenvalue weighted by Gasteiger charge is -2.12. The number of hydrogen-bond acceptors (Lipinski definition) is 6. The first-order valence-corrected chi connectivity index (χ1v) is 12.4. The summed E-state index contributed by atoms with van der Waals surface area (Å²) in [6.07, 6.45) is 3.25. The molecule has 204 valence electrons. The molecule has 37 heavy (non-hydrogen) atoms. The number of benzene rings is 1. The highest BCUT2D eigenvalue weighted by atomic mass is 35.5. The molecule has 0 radical (unpaired) electrons. The van der Waals surface area contributed by atoms with Gasteiger partial charge in [-0.3, -0.25) is 0 Å². The Balaban J connectivity index is 0.000000344. The van der Waals surface area contributed by atoms with Crippen LogP contribution in [0.5, 0.6) is 11.6 Å². The van der Waals surface area contributed by atoms with Gasteiger partial charge in [-0.2, -0.15) is 4.98 Å². The maximum atomic E-state index is 12.1. The van der Waals surface area contributed by atoms with Crippen LogP contribution in [-0.4, -0.2) is 37.0 Å². The van der Waals surface area contributed by atoms with E-state index in [9.17, 15) is 13.2 Å². The minimum atomic E-state index is -2.57. The highest BCUT2D eigenvalue weighted by Crippen LogP contribution is 2.32. The van der Waals surface area contributed by atoms with E-state index in [1.807, 2.05) is 18.2 Å². The van der Waals surface area contributed by atoms with E-state index < -0.39 is 6.43 Å². The average Bonchev–Trinajstić information content (AvgIpc) is 3.21. The van der Waals surface area contributed by atoms with Crippen LogP contribution in [0, 0.1) is 0 Å². The van der Waals surface area contributed by atoms with Crippen molar-refractivity contribution in [2.45, 2.75) is 46.5 Å². The fourth-order valence-corrected chi connectivity index (χ4v) is 3.27. The molecule has 0 bridgehead atoms. The van der Waals surface area contributed by atoms with Gasteiger partial charge < -0.3 is 20.7 Å². The van der Waals surface area contributed by atoms with Gasteiger partial charge >= 0.3 is 0 Å². The Kier molecular flexibility index (Phi) is 14.5. The molecular formula is C26H34Cl2F3N5O. The van der Waals surface area contributed by atoms with Gasteiger partial charge in [-0.25, -0.2) is 18.2 Å². The topological polar surface area (TPSA) is 76.3 Å². The van der Waals surface area contributed by atoms with Crippen LogP contribution in [0.1, 0.15) is 39.2 Å². The number of nitrogens with one attached hydrogen (secondary N) is 1. The minimum Gasteiger partial charge on any atom is -0.439 e. The molecule has 11 heteroatoms. The van der Waals surface area contributed by atoms with Gasteiger partial charge in [0.2, 0.25) is 11.8 Å². The van der Waals surface area contributed by atoms with Crippen LogP contribution in [0.15, 0.2) is 59.0 Å². The second-order valence-corrected chi connectivity index (χ2v) is 8.78. The molecule has 0 aliphatic carbocycles. The Morgan fingerprint density at radius 3 is 2.51 bits per heavy atom. The maximum absolute atomic E-state index is 12.1. The molecule has 0 saturated heterocycles. The Hall–Kier alpha value is -2.91. The monoisotopic (exact) mass is 559 g/mol. The summed E-state index contributed by atoms with van der Waals surface area (Å²) in [7, 11) is 3.65. The van der Waals surface area contributed by atoms with Gasteiger partial charge in [-0.05, 0) is 43.2 Å². The number of ether oxygens (including phenoxy) is 1. The molecule has 3 rings (SSSR count). The van der Waals surface area contributed by atoms with Gasteiger partial charge in [-0.1, -0.05) is 49.5 Å². The van der Waals surface area contributed by atoms with E-state index in [0.29, 0.717) is 17.9 Å². The van der Waals surface area contributed by atoms with Crippen LogP contribution < -0.4 is 20.7 Å². The van der Waals surface area contributed by atoms with Crippen molar-refractivity contribution in [2.24, 2.45) is 0 Å². The lowest BCUT2D eigenvalue weighted by molar-refractivity contribution is 0.189. The molecule has 0 spiro atoms. The molecule has 1 aliphatic rings. The van der Waals surface area contributed by atoms with E-state index in [1.54, 1.807) is 7.05 Å². The summed E-state index contributed by atoms with van der Waals surface area (Å²) in [5.74, 6) is 1.18. The van der Waals surface area contributed by atoms with Gasteiger partial charge in [0.15, 0.2) is 0 Å². The SMILES string of the molecule is CCC.CN/C(=C/F)CC=C/C(Cl)=C(\C)C(F)F.CN1CCc2cc(Oc3cc(Cl)nc(N)n3)ccc21. The van der Waals surface area contributed by atoms with Crippen LogP contribution in [0.3, 0.4) is 0 Å². The summed E-state index contributed by atoms with van der Waals surface area (Å²) >= 11 is 11.4. The number of allylic oxidation sites excluding steroid dienone is 4. The Bertz CT molecular complexity index is 1070. The number of nitrogens with zero attached hydrogens (tertiary/aromatic N) is 3. The van der Waals surface area contributed by atoms with Crippen LogP contribution in [0.4, 0.5) is 24.8 Å². The molecule has 6 nitrogen and oxygen atoms in total. The zero-order valence-corrected chi connectivity index (χ0v) is 23.2. The van der Waals surface area contributed by atoms with E-state index >= 15 is 0 Å². The normalized spacial score (nSPS) is 13.4. The molecule has 0 unspecified atom stereocenters. The number of aromatic nitrogens is 2. The molecular weight excluding hydrogens is 526 g/mol. The third kappa shape index (κ3) is 11.3. The fourth-order valence-electron chi connectivity index (χ4n) is 2.92. The number of nitrogens with two attached hydrogens (primary N) is 1. The van der Waals surface area contributed by atoms with Crippen molar-refractivity contribution in [3.05, 3.63) is 69.8 Å². The molecule has 1 aromatic heterocycles. The third-order valence-corrected chi connectivity index (χ3v) is 5.47. The standard InChI is InChI=1S/C13H13ClN4O.C10H13ClF3N.C3H8/c1-18-5-4-8-6-9(2-3-10(8)18)19-12-7-11(14)16-13(15)17-12;1-7(10(13)14)9(11)5-3-4-8(6-12)15-2;1-3-2/h2-3,6-7H,4-5H2,1H3,(H2,15,16,17);3,5-6,10,15H,4H2,1-2H3;3H2,1-2H3/b;5-3?,8-6+,9-7-;. The van der Waals surface area contributed by atoms with Crippen molar-refractivity contribution in [2.75, 3.05) is 31.3 Å². The van der Waals surface area contributed by atoms with Gasteiger partial charge in [0.1, 0.15) is 17.2 Å². The number of nitrogen functional groups attached to an aromatic ring is 1. The lowest BCUT2D eigenvalue weighted by Crippen LogP contribution is -2.12. The molecule has 1 aliphatic heterocycles. The lowest BCUT2D eigenvalue weighted by atomic mass is 10.1. The molecule has 0 amide bonds. The van der Waals surface area contributed by atoms with Crippen LogP contribution in [0.2, 0.25) is 5.15 Å². The van der Waals surface area contributed by atoms with Crippen molar-refractivity contribution in [1.82, 2.24) is 15.3 Å². The van der Waals surface area contributed by atoms with Gasteiger partial charge in [0, 0.05) is 55.1 Å². The largest absolute Gasteiger partial charge is 0.439 e. The van der Waals surface area contributed by atoms with Crippen LogP contribution >= 0.6 is 23.2 Å². The molecule has 3 N–H and O–H groups in total. The van der Waals surface area contributed by atoms with Crippen molar-refractivity contribution in [1.29, 1.82) is 0 Å². The predicted octanol–water partition coefficient (Wildman–Crippen LogP) is 7.65. The first-order chi connectivity index (χ1) is 17.6. The number of alkyl halides is 2. The average molecular weight is 560 g/mol. The molecule has 0 saturated carbocycles. The zero-order chi connectivity index (χ0) is 28.0. The van der Waals surface area contributed by atoms with Crippen molar-refractivity contribution < 1.29 is 17.9 Å². The Morgan fingerprint density at radius 1 is 1.27 bits per heavy atom. The quantitative estimate of drug-likeness (QED) is 0.268. The number of fused-ring (bicyclic) bond motifs is 1. The second-order valence-electron chi connectivity index (χ2n) is 7.98. The fraction of sp³-hybridized carbons (Fsp3) is 0.385. The minimum absolute atomic E-state index is 0.0145. The van der Waals surface area contributed by atoms with E-state index in [-0.39, 0.29) is 28.1 Å². The van der Waals surface area contributed by atoms with Crippen molar-refractivity contribution >= 4 is 34.8 Å². The number of rotatable bonds is 7. The molecule has 1 aromatic carbocycles. The number of likely N-dealkylation sites (N-methyl/N-ethyl adjacent to an activating group) is 1. The number of anilines is 2. The summed E-state index contributed by atoms with van der Waals surface area (Å²) in [6, 6.07) is 7.51. The molecule has 2 aromatic rings. The second kappa shape index (κ2) is 16.8. The Morgan fingerprint density at radius 2 is 1.95 bits per heavy atom. The third-order valence-electron chi connectivity index (χ3n) is 4.85. The van der Waals surface area contributed by atoms with Crippen molar-refractivity contribution in [3.63, 3.8) is 0 Å². The number of hydrogen-bond donors (Lipinski definition) is 2. The van der Waals surface area contributed by atoms with E-state index in [4.69, 9.17) is 33.7 Å². The predicted molar refractivity (Wildman–Crippen MR) is 147 cm³/mol. The summed E-state index contributed by atoms with van der Waals surface area (Å²) < 4.78 is 42.0. The first-order valence-electron chi connectivity index (χ1n) is 11.7.